The van der Waals surface area contributed by atoms with Gasteiger partial charge < -0.3 is 25.8 Å². The van der Waals surface area contributed by atoms with Crippen LogP contribution >= 0.6 is 0 Å². The number of amides is 1. The molecule has 0 spiro atoms. The molecule has 2 rings (SSSR count). The van der Waals surface area contributed by atoms with Crippen molar-refractivity contribution in [1.82, 2.24) is 5.32 Å². The molecule has 0 radical (unpaired) electrons. The van der Waals surface area contributed by atoms with Gasteiger partial charge in [0, 0.05) is 24.9 Å². The molecule has 0 unspecified atom stereocenters. The molecule has 0 saturated carbocycles. The van der Waals surface area contributed by atoms with Gasteiger partial charge in [-0.05, 0) is 30.7 Å². The van der Waals surface area contributed by atoms with Crippen LogP contribution in [0.5, 0.6) is 5.75 Å². The van der Waals surface area contributed by atoms with Gasteiger partial charge in [-0.3, -0.25) is 4.79 Å². The number of nitrogens with two attached hydrogens (primary N) is 1. The van der Waals surface area contributed by atoms with Crippen molar-refractivity contribution in [2.75, 3.05) is 25.6 Å². The predicted molar refractivity (Wildman–Crippen MR) is 107 cm³/mol. The zero-order chi connectivity index (χ0) is 19.5. The van der Waals surface area contributed by atoms with Crippen LogP contribution in [-0.4, -0.2) is 32.1 Å². The van der Waals surface area contributed by atoms with Crippen molar-refractivity contribution < 1.29 is 14.3 Å². The number of hydrogen-bond donors (Lipinski definition) is 3. The Morgan fingerprint density at radius 2 is 2.00 bits per heavy atom. The first kappa shape index (κ1) is 20.3. The second-order valence-electron chi connectivity index (χ2n) is 5.81. The second kappa shape index (κ2) is 10.8. The highest BCUT2D eigenvalue weighted by Crippen LogP contribution is 2.16. The van der Waals surface area contributed by atoms with Crippen LogP contribution in [0.25, 0.3) is 0 Å². The number of likely N-dealkylation sites (N-methyl/N-ethyl adjacent to an activating group) is 1. The summed E-state index contributed by atoms with van der Waals surface area (Å²) in [6.07, 6.45) is 0. The number of rotatable bonds is 9. The highest BCUT2D eigenvalue weighted by molar-refractivity contribution is 5.92. The topological polar surface area (TPSA) is 98.0 Å². The molecule has 0 saturated heterocycles. The average Bonchev–Trinajstić information content (AvgIpc) is 2.67. The normalized spacial score (nSPS) is 11.1. The monoisotopic (exact) mass is 370 g/mol. The van der Waals surface area contributed by atoms with E-state index in [1.54, 1.807) is 13.2 Å². The number of benzene rings is 2. The van der Waals surface area contributed by atoms with Gasteiger partial charge in [-0.1, -0.05) is 30.3 Å². The number of carbonyl (C=O) groups is 1. The smallest absolute Gasteiger partial charge is 0.257 e. The third kappa shape index (κ3) is 6.99. The maximum absolute atomic E-state index is 11.5. The van der Waals surface area contributed by atoms with Gasteiger partial charge in [0.2, 0.25) is 0 Å². The van der Waals surface area contributed by atoms with E-state index in [-0.39, 0.29) is 12.5 Å². The van der Waals surface area contributed by atoms with Gasteiger partial charge in [0.05, 0.1) is 13.2 Å². The minimum absolute atomic E-state index is 0.0134. The first-order valence-electron chi connectivity index (χ1n) is 8.74. The summed E-state index contributed by atoms with van der Waals surface area (Å²) in [5, 5.41) is 5.79. The van der Waals surface area contributed by atoms with Crippen molar-refractivity contribution in [2.45, 2.75) is 20.1 Å². The Hall–Kier alpha value is -3.06. The Morgan fingerprint density at radius 1 is 1.19 bits per heavy atom. The highest BCUT2D eigenvalue weighted by atomic mass is 16.5. The lowest BCUT2D eigenvalue weighted by Gasteiger charge is -2.11. The van der Waals surface area contributed by atoms with Crippen molar-refractivity contribution in [3.63, 3.8) is 0 Å². The van der Waals surface area contributed by atoms with Gasteiger partial charge in [0.15, 0.2) is 12.6 Å². The third-order valence-corrected chi connectivity index (χ3v) is 3.65. The summed E-state index contributed by atoms with van der Waals surface area (Å²) >= 11 is 0. The fourth-order valence-electron chi connectivity index (χ4n) is 2.41. The van der Waals surface area contributed by atoms with Gasteiger partial charge in [-0.2, -0.15) is 0 Å². The van der Waals surface area contributed by atoms with E-state index in [1.165, 1.54) is 0 Å². The molecule has 0 fully saturated rings. The lowest BCUT2D eigenvalue weighted by Crippen LogP contribution is -2.28. The molecule has 4 N–H and O–H groups in total. The molecule has 7 heteroatoms. The summed E-state index contributed by atoms with van der Waals surface area (Å²) in [5.74, 6) is 0.780. The van der Waals surface area contributed by atoms with Gasteiger partial charge in [0.25, 0.3) is 5.91 Å². The zero-order valence-corrected chi connectivity index (χ0v) is 15.7. The molecule has 0 heterocycles. The SMILES string of the molecule is CCNC(=O)COc1cccc(CN=C(N)Nc2ccccc2COC)c1. The largest absolute Gasteiger partial charge is 0.484 e. The lowest BCUT2D eigenvalue weighted by molar-refractivity contribution is -0.122. The van der Waals surface area contributed by atoms with Crippen molar-refractivity contribution in [1.29, 1.82) is 0 Å². The molecule has 0 atom stereocenters. The Labute approximate surface area is 159 Å². The van der Waals surface area contributed by atoms with E-state index in [4.69, 9.17) is 15.2 Å². The standard InChI is InChI=1S/C20H26N4O3/c1-3-22-19(25)14-27-17-9-6-7-15(11-17)12-23-20(21)24-18-10-5-4-8-16(18)13-26-2/h4-11H,3,12-14H2,1-2H3,(H,22,25)(H3,21,23,24). The number of nitrogens with zero attached hydrogens (tertiary/aromatic N) is 1. The number of carbonyl (C=O) groups excluding carboxylic acids is 1. The van der Waals surface area contributed by atoms with Crippen molar-refractivity contribution in [2.24, 2.45) is 10.7 Å². The van der Waals surface area contributed by atoms with E-state index in [9.17, 15) is 4.79 Å². The molecule has 0 aliphatic heterocycles. The maximum Gasteiger partial charge on any atom is 0.257 e. The minimum atomic E-state index is -0.149. The van der Waals surface area contributed by atoms with Crippen LogP contribution in [0, 0.1) is 0 Å². The summed E-state index contributed by atoms with van der Waals surface area (Å²) in [6.45, 7) is 3.31. The number of anilines is 1. The van der Waals surface area contributed by atoms with Crippen LogP contribution in [0.4, 0.5) is 5.69 Å². The lowest BCUT2D eigenvalue weighted by atomic mass is 10.2. The molecular formula is C20H26N4O3. The summed E-state index contributed by atoms with van der Waals surface area (Å²) in [5.41, 5.74) is 8.79. The number of para-hydroxylation sites is 1. The number of nitrogens with one attached hydrogen (secondary N) is 2. The summed E-state index contributed by atoms with van der Waals surface area (Å²) in [7, 11) is 1.65. The fraction of sp³-hybridized carbons (Fsp3) is 0.300. The quantitative estimate of drug-likeness (QED) is 0.465. The van der Waals surface area contributed by atoms with E-state index in [2.05, 4.69) is 15.6 Å². The van der Waals surface area contributed by atoms with Gasteiger partial charge in [0.1, 0.15) is 5.75 Å². The zero-order valence-electron chi connectivity index (χ0n) is 15.7. The maximum atomic E-state index is 11.5. The third-order valence-electron chi connectivity index (χ3n) is 3.65. The number of ether oxygens (including phenoxy) is 2. The van der Waals surface area contributed by atoms with Crippen molar-refractivity contribution >= 4 is 17.6 Å². The minimum Gasteiger partial charge on any atom is -0.484 e. The Kier molecular flexibility index (Phi) is 8.12. The van der Waals surface area contributed by atoms with Gasteiger partial charge in [-0.15, -0.1) is 0 Å². The fourth-order valence-corrected chi connectivity index (χ4v) is 2.41. The van der Waals surface area contributed by atoms with E-state index < -0.39 is 0 Å². The molecular weight excluding hydrogens is 344 g/mol. The molecule has 0 aliphatic rings. The van der Waals surface area contributed by atoms with E-state index in [0.717, 1.165) is 16.8 Å². The number of guanidine groups is 1. The molecule has 144 valence electrons. The van der Waals surface area contributed by atoms with Crippen molar-refractivity contribution in [3.8, 4) is 5.75 Å². The Balaban J connectivity index is 1.95. The molecule has 0 aromatic heterocycles. The summed E-state index contributed by atoms with van der Waals surface area (Å²) in [6, 6.07) is 15.2. The predicted octanol–water partition coefficient (Wildman–Crippen LogP) is 2.27. The molecule has 1 amide bonds. The van der Waals surface area contributed by atoms with Crippen LogP contribution in [-0.2, 0) is 22.7 Å². The van der Waals surface area contributed by atoms with Gasteiger partial charge in [-0.25, -0.2) is 4.99 Å². The van der Waals surface area contributed by atoms with E-state index in [0.29, 0.717) is 31.4 Å². The number of aliphatic imine (C=N–C) groups is 1. The number of methoxy groups -OCH3 is 1. The van der Waals surface area contributed by atoms with Crippen LogP contribution in [0.15, 0.2) is 53.5 Å². The highest BCUT2D eigenvalue weighted by Gasteiger charge is 2.04. The van der Waals surface area contributed by atoms with Gasteiger partial charge >= 0.3 is 0 Å². The molecule has 2 aromatic rings. The van der Waals surface area contributed by atoms with Crippen LogP contribution in [0.1, 0.15) is 18.1 Å². The van der Waals surface area contributed by atoms with Crippen LogP contribution in [0.3, 0.4) is 0 Å². The summed E-state index contributed by atoms with van der Waals surface area (Å²) < 4.78 is 10.7. The molecule has 2 aromatic carbocycles. The van der Waals surface area contributed by atoms with E-state index in [1.807, 2.05) is 49.4 Å². The van der Waals surface area contributed by atoms with Crippen LogP contribution < -0.4 is 21.1 Å². The first-order valence-corrected chi connectivity index (χ1v) is 8.74. The van der Waals surface area contributed by atoms with Crippen LogP contribution in [0.2, 0.25) is 0 Å². The Bertz CT molecular complexity index is 777. The number of hydrogen-bond acceptors (Lipinski definition) is 4. The molecule has 0 aliphatic carbocycles. The first-order chi connectivity index (χ1) is 13.1. The molecule has 0 bridgehead atoms. The molecule has 7 nitrogen and oxygen atoms in total. The van der Waals surface area contributed by atoms with Crippen molar-refractivity contribution in [3.05, 3.63) is 59.7 Å². The average molecular weight is 370 g/mol. The second-order valence-corrected chi connectivity index (χ2v) is 5.81. The summed E-state index contributed by atoms with van der Waals surface area (Å²) in [4.78, 5) is 15.8. The molecule has 27 heavy (non-hydrogen) atoms. The Morgan fingerprint density at radius 3 is 2.78 bits per heavy atom. The van der Waals surface area contributed by atoms with E-state index >= 15 is 0 Å².